The molecule has 1 unspecified atom stereocenters. The largest absolute Gasteiger partial charge is 0.339 e. The van der Waals surface area contributed by atoms with Gasteiger partial charge >= 0.3 is 0 Å². The van der Waals surface area contributed by atoms with E-state index in [0.29, 0.717) is 16.0 Å². The van der Waals surface area contributed by atoms with Gasteiger partial charge in [-0.1, -0.05) is 13.8 Å². The van der Waals surface area contributed by atoms with Crippen molar-refractivity contribution in [2.24, 2.45) is 5.92 Å². The second-order valence-electron chi connectivity index (χ2n) is 5.02. The molecule has 0 N–H and O–H groups in total. The molecule has 0 saturated heterocycles. The molecule has 0 spiro atoms. The molecule has 0 heterocycles. The Labute approximate surface area is 116 Å². The molecule has 1 atom stereocenters. The Kier molecular flexibility index (Phi) is 5.32. The predicted molar refractivity (Wildman–Crippen MR) is 75.1 cm³/mol. The normalized spacial score (nSPS) is 12.6. The van der Waals surface area contributed by atoms with Crippen molar-refractivity contribution in [2.75, 3.05) is 7.05 Å². The van der Waals surface area contributed by atoms with E-state index >= 15 is 0 Å². The fourth-order valence-corrected chi connectivity index (χ4v) is 2.12. The molecule has 0 fully saturated rings. The van der Waals surface area contributed by atoms with Crippen molar-refractivity contribution in [1.29, 1.82) is 0 Å². The monoisotopic (exact) mass is 315 g/mol. The van der Waals surface area contributed by atoms with Gasteiger partial charge < -0.3 is 4.90 Å². The number of carbonyl (C=O) groups excluding carboxylic acids is 1. The predicted octanol–water partition coefficient (Wildman–Crippen LogP) is 4.09. The van der Waals surface area contributed by atoms with Crippen LogP contribution in [0.15, 0.2) is 22.7 Å². The molecule has 100 valence electrons. The summed E-state index contributed by atoms with van der Waals surface area (Å²) in [6.07, 6.45) is 0.932. The molecule has 1 rings (SSSR count). The zero-order chi connectivity index (χ0) is 13.9. The van der Waals surface area contributed by atoms with Crippen LogP contribution in [-0.4, -0.2) is 23.9 Å². The summed E-state index contributed by atoms with van der Waals surface area (Å²) in [6, 6.07) is 4.60. The van der Waals surface area contributed by atoms with E-state index in [1.807, 2.05) is 6.92 Å². The van der Waals surface area contributed by atoms with Gasteiger partial charge in [-0.05, 0) is 53.4 Å². The van der Waals surface area contributed by atoms with Crippen LogP contribution in [-0.2, 0) is 0 Å². The first-order chi connectivity index (χ1) is 8.32. The number of rotatable bonds is 4. The lowest BCUT2D eigenvalue weighted by molar-refractivity contribution is 0.0727. The summed E-state index contributed by atoms with van der Waals surface area (Å²) in [5.41, 5.74) is 0.383. The standard InChI is InChI=1S/C14H19BrFNO/c1-9(2)7-10(3)17(4)14(18)11-5-6-12(15)13(16)8-11/h5-6,8-10H,7H2,1-4H3. The van der Waals surface area contributed by atoms with Crippen LogP contribution in [0.3, 0.4) is 0 Å². The number of amides is 1. The second kappa shape index (κ2) is 6.32. The Morgan fingerprint density at radius 3 is 2.50 bits per heavy atom. The number of halogens is 2. The lowest BCUT2D eigenvalue weighted by Gasteiger charge is -2.26. The van der Waals surface area contributed by atoms with E-state index in [-0.39, 0.29) is 11.9 Å². The summed E-state index contributed by atoms with van der Waals surface area (Å²) >= 11 is 3.08. The number of nitrogens with zero attached hydrogens (tertiary/aromatic N) is 1. The van der Waals surface area contributed by atoms with Gasteiger partial charge in [0.05, 0.1) is 4.47 Å². The van der Waals surface area contributed by atoms with Crippen LogP contribution in [0, 0.1) is 11.7 Å². The third-order valence-electron chi connectivity index (χ3n) is 2.96. The Morgan fingerprint density at radius 1 is 1.39 bits per heavy atom. The fourth-order valence-electron chi connectivity index (χ4n) is 1.87. The Hall–Kier alpha value is -0.900. The number of benzene rings is 1. The fraction of sp³-hybridized carbons (Fsp3) is 0.500. The van der Waals surface area contributed by atoms with Crippen LogP contribution in [0.2, 0.25) is 0 Å². The molecule has 1 aromatic rings. The Bertz CT molecular complexity index is 434. The lowest BCUT2D eigenvalue weighted by Crippen LogP contribution is -2.35. The molecule has 0 aliphatic heterocycles. The number of hydrogen-bond acceptors (Lipinski definition) is 1. The second-order valence-corrected chi connectivity index (χ2v) is 5.88. The highest BCUT2D eigenvalue weighted by Crippen LogP contribution is 2.18. The van der Waals surface area contributed by atoms with Crippen molar-refractivity contribution in [3.63, 3.8) is 0 Å². The number of hydrogen-bond donors (Lipinski definition) is 0. The lowest BCUT2D eigenvalue weighted by atomic mass is 10.0. The molecule has 0 aliphatic rings. The summed E-state index contributed by atoms with van der Waals surface area (Å²) in [7, 11) is 1.76. The van der Waals surface area contributed by atoms with E-state index in [9.17, 15) is 9.18 Å². The molecule has 0 saturated carbocycles. The van der Waals surface area contributed by atoms with Crippen LogP contribution in [0.4, 0.5) is 4.39 Å². The van der Waals surface area contributed by atoms with Gasteiger partial charge in [0, 0.05) is 18.7 Å². The van der Waals surface area contributed by atoms with Crippen molar-refractivity contribution in [2.45, 2.75) is 33.2 Å². The van der Waals surface area contributed by atoms with Crippen molar-refractivity contribution in [3.05, 3.63) is 34.1 Å². The van der Waals surface area contributed by atoms with Crippen molar-refractivity contribution in [1.82, 2.24) is 4.90 Å². The van der Waals surface area contributed by atoms with Gasteiger partial charge in [0.15, 0.2) is 0 Å². The smallest absolute Gasteiger partial charge is 0.253 e. The minimum Gasteiger partial charge on any atom is -0.339 e. The summed E-state index contributed by atoms with van der Waals surface area (Å²) in [4.78, 5) is 13.8. The van der Waals surface area contributed by atoms with E-state index in [0.717, 1.165) is 6.42 Å². The van der Waals surface area contributed by atoms with Gasteiger partial charge in [-0.3, -0.25) is 4.79 Å². The highest BCUT2D eigenvalue weighted by atomic mass is 79.9. The molecule has 0 aliphatic carbocycles. The van der Waals surface area contributed by atoms with Crippen LogP contribution in [0.25, 0.3) is 0 Å². The zero-order valence-corrected chi connectivity index (χ0v) is 12.8. The first-order valence-corrected chi connectivity index (χ1v) is 6.84. The van der Waals surface area contributed by atoms with Crippen molar-refractivity contribution < 1.29 is 9.18 Å². The third kappa shape index (κ3) is 3.80. The van der Waals surface area contributed by atoms with Gasteiger partial charge in [0.25, 0.3) is 5.91 Å². The van der Waals surface area contributed by atoms with Crippen LogP contribution >= 0.6 is 15.9 Å². The first-order valence-electron chi connectivity index (χ1n) is 6.05. The Morgan fingerprint density at radius 2 is 2.00 bits per heavy atom. The van der Waals surface area contributed by atoms with Crippen molar-refractivity contribution in [3.8, 4) is 0 Å². The summed E-state index contributed by atoms with van der Waals surface area (Å²) < 4.78 is 13.8. The molecule has 18 heavy (non-hydrogen) atoms. The van der Waals surface area contributed by atoms with E-state index in [1.54, 1.807) is 24.1 Å². The minimum absolute atomic E-state index is 0.143. The maximum atomic E-state index is 13.4. The Balaban J connectivity index is 2.82. The molecular formula is C14H19BrFNO. The maximum Gasteiger partial charge on any atom is 0.253 e. The topological polar surface area (TPSA) is 20.3 Å². The average molecular weight is 316 g/mol. The molecule has 4 heteroatoms. The maximum absolute atomic E-state index is 13.4. The summed E-state index contributed by atoms with van der Waals surface area (Å²) in [6.45, 7) is 6.25. The molecule has 0 radical (unpaired) electrons. The zero-order valence-electron chi connectivity index (χ0n) is 11.2. The molecular weight excluding hydrogens is 297 g/mol. The van der Waals surface area contributed by atoms with Crippen LogP contribution < -0.4 is 0 Å². The van der Waals surface area contributed by atoms with Gasteiger partial charge in [-0.25, -0.2) is 4.39 Å². The molecule has 0 bridgehead atoms. The number of carbonyl (C=O) groups is 1. The quantitative estimate of drug-likeness (QED) is 0.819. The molecule has 1 amide bonds. The summed E-state index contributed by atoms with van der Waals surface area (Å²) in [5.74, 6) is -0.0304. The minimum atomic E-state index is -0.411. The van der Waals surface area contributed by atoms with Gasteiger partial charge in [0.2, 0.25) is 0 Å². The van der Waals surface area contributed by atoms with Crippen LogP contribution in [0.1, 0.15) is 37.6 Å². The molecule has 1 aromatic carbocycles. The summed E-state index contributed by atoms with van der Waals surface area (Å²) in [5, 5.41) is 0. The van der Waals surface area contributed by atoms with E-state index in [1.165, 1.54) is 6.07 Å². The van der Waals surface area contributed by atoms with E-state index in [2.05, 4.69) is 29.8 Å². The SMILES string of the molecule is CC(C)CC(C)N(C)C(=O)c1ccc(Br)c(F)c1. The highest BCUT2D eigenvalue weighted by Gasteiger charge is 2.19. The molecule has 0 aromatic heterocycles. The van der Waals surface area contributed by atoms with Gasteiger partial charge in [-0.15, -0.1) is 0 Å². The van der Waals surface area contributed by atoms with E-state index < -0.39 is 5.82 Å². The van der Waals surface area contributed by atoms with Crippen molar-refractivity contribution >= 4 is 21.8 Å². The van der Waals surface area contributed by atoms with Gasteiger partial charge in [-0.2, -0.15) is 0 Å². The molecule has 2 nitrogen and oxygen atoms in total. The van der Waals surface area contributed by atoms with Crippen LogP contribution in [0.5, 0.6) is 0 Å². The average Bonchev–Trinajstić information content (AvgIpc) is 2.30. The first kappa shape index (κ1) is 15.2. The van der Waals surface area contributed by atoms with Gasteiger partial charge in [0.1, 0.15) is 5.82 Å². The third-order valence-corrected chi connectivity index (χ3v) is 3.60. The van der Waals surface area contributed by atoms with E-state index in [4.69, 9.17) is 0 Å². The highest BCUT2D eigenvalue weighted by molar-refractivity contribution is 9.10.